The Morgan fingerprint density at radius 1 is 1.05 bits per heavy atom. The van der Waals surface area contributed by atoms with Gasteiger partial charge in [0.1, 0.15) is 11.5 Å². The normalized spacial score (nSPS) is 12.9. The first-order valence-electron chi connectivity index (χ1n) is 6.00. The number of aromatic hydroxyl groups is 1. The number of methoxy groups -OCH3 is 1. The monoisotopic (exact) mass is 269 g/mol. The number of fused-ring (bicyclic) bond motifs is 2. The van der Waals surface area contributed by atoms with Crippen LogP contribution in [0.3, 0.4) is 0 Å². The predicted molar refractivity (Wildman–Crippen MR) is 70.5 cm³/mol. The zero-order valence-corrected chi connectivity index (χ0v) is 10.9. The third-order valence-electron chi connectivity index (χ3n) is 3.31. The van der Waals surface area contributed by atoms with Crippen LogP contribution in [0.5, 0.6) is 11.5 Å². The van der Waals surface area contributed by atoms with Gasteiger partial charge in [-0.05, 0) is 19.1 Å². The van der Waals surface area contributed by atoms with Crippen molar-refractivity contribution in [2.75, 3.05) is 7.11 Å². The molecule has 100 valence electrons. The van der Waals surface area contributed by atoms with E-state index in [1.165, 1.54) is 25.4 Å². The molecule has 0 bridgehead atoms. The Labute approximate surface area is 114 Å². The Balaban J connectivity index is 2.34. The minimum absolute atomic E-state index is 0.115. The van der Waals surface area contributed by atoms with Crippen molar-refractivity contribution in [1.82, 2.24) is 4.98 Å². The van der Waals surface area contributed by atoms with Crippen LogP contribution in [0.4, 0.5) is 0 Å². The molecule has 0 atom stereocenters. The lowest BCUT2D eigenvalue weighted by atomic mass is 9.84. The maximum atomic E-state index is 12.5. The molecule has 0 saturated heterocycles. The van der Waals surface area contributed by atoms with Crippen LogP contribution in [0.1, 0.15) is 37.5 Å². The first kappa shape index (κ1) is 12.3. The Morgan fingerprint density at radius 2 is 1.80 bits per heavy atom. The number of hydrogen-bond donors (Lipinski definition) is 1. The minimum atomic E-state index is -0.320. The standard InChI is InChI=1S/C15H11NO4/c1-7-3-9-11(6-16-7)15(19)13-10(14(9)18)4-8(17)5-12(13)20-2/h3-6,17H,1-2H3. The van der Waals surface area contributed by atoms with Gasteiger partial charge in [0.2, 0.25) is 0 Å². The van der Waals surface area contributed by atoms with Crippen molar-refractivity contribution in [2.24, 2.45) is 0 Å². The van der Waals surface area contributed by atoms with Crippen molar-refractivity contribution in [1.29, 1.82) is 0 Å². The summed E-state index contributed by atoms with van der Waals surface area (Å²) >= 11 is 0. The fourth-order valence-electron chi connectivity index (χ4n) is 2.38. The Hall–Kier alpha value is -2.69. The number of aryl methyl sites for hydroxylation is 1. The molecule has 1 aromatic carbocycles. The van der Waals surface area contributed by atoms with E-state index in [2.05, 4.69) is 4.98 Å². The summed E-state index contributed by atoms with van der Waals surface area (Å²) in [5, 5.41) is 9.65. The second kappa shape index (κ2) is 4.16. The van der Waals surface area contributed by atoms with E-state index in [0.717, 1.165) is 0 Å². The van der Waals surface area contributed by atoms with Gasteiger partial charge in [-0.2, -0.15) is 0 Å². The van der Waals surface area contributed by atoms with Crippen LogP contribution in [0.15, 0.2) is 24.4 Å². The molecule has 1 N–H and O–H groups in total. The molecule has 20 heavy (non-hydrogen) atoms. The maximum absolute atomic E-state index is 12.5. The molecule has 5 nitrogen and oxygen atoms in total. The van der Waals surface area contributed by atoms with E-state index in [-0.39, 0.29) is 39.8 Å². The van der Waals surface area contributed by atoms with Gasteiger partial charge < -0.3 is 9.84 Å². The van der Waals surface area contributed by atoms with Crippen LogP contribution < -0.4 is 4.74 Å². The molecule has 1 aliphatic carbocycles. The zero-order chi connectivity index (χ0) is 14.4. The molecule has 0 saturated carbocycles. The van der Waals surface area contributed by atoms with Crippen LogP contribution in [-0.2, 0) is 0 Å². The highest BCUT2D eigenvalue weighted by Gasteiger charge is 2.33. The summed E-state index contributed by atoms with van der Waals surface area (Å²) in [5.41, 5.74) is 1.55. The molecule has 1 heterocycles. The zero-order valence-electron chi connectivity index (χ0n) is 10.9. The van der Waals surface area contributed by atoms with Gasteiger partial charge >= 0.3 is 0 Å². The number of ether oxygens (including phenoxy) is 1. The van der Waals surface area contributed by atoms with Crippen molar-refractivity contribution in [3.05, 3.63) is 52.3 Å². The highest BCUT2D eigenvalue weighted by atomic mass is 16.5. The average Bonchev–Trinajstić information content (AvgIpc) is 2.43. The quantitative estimate of drug-likeness (QED) is 0.730. The molecule has 0 aliphatic heterocycles. The summed E-state index contributed by atoms with van der Waals surface area (Å²) in [6, 6.07) is 4.18. The Morgan fingerprint density at radius 3 is 2.50 bits per heavy atom. The van der Waals surface area contributed by atoms with Crippen LogP contribution in [-0.4, -0.2) is 28.8 Å². The first-order chi connectivity index (χ1) is 9.52. The number of benzene rings is 1. The molecule has 0 radical (unpaired) electrons. The van der Waals surface area contributed by atoms with Crippen LogP contribution >= 0.6 is 0 Å². The van der Waals surface area contributed by atoms with Gasteiger partial charge in [0.15, 0.2) is 11.6 Å². The predicted octanol–water partition coefficient (Wildman–Crippen LogP) is 1.88. The minimum Gasteiger partial charge on any atom is -0.508 e. The number of carbonyl (C=O) groups excluding carboxylic acids is 2. The number of phenols is 1. The molecule has 0 fully saturated rings. The molecule has 1 aromatic heterocycles. The number of hydrogen-bond acceptors (Lipinski definition) is 5. The van der Waals surface area contributed by atoms with Crippen molar-refractivity contribution >= 4 is 11.6 Å². The fourth-order valence-corrected chi connectivity index (χ4v) is 2.38. The number of pyridine rings is 1. The summed E-state index contributed by atoms with van der Waals surface area (Å²) in [4.78, 5) is 29.0. The first-order valence-corrected chi connectivity index (χ1v) is 6.00. The molecule has 3 rings (SSSR count). The third kappa shape index (κ3) is 1.60. The highest BCUT2D eigenvalue weighted by molar-refractivity contribution is 6.29. The average molecular weight is 269 g/mol. The lowest BCUT2D eigenvalue weighted by molar-refractivity contribution is 0.0975. The van der Waals surface area contributed by atoms with Gasteiger partial charge in [-0.3, -0.25) is 14.6 Å². The summed E-state index contributed by atoms with van der Waals surface area (Å²) in [6.45, 7) is 1.75. The van der Waals surface area contributed by atoms with Crippen LogP contribution in [0.25, 0.3) is 0 Å². The highest BCUT2D eigenvalue weighted by Crippen LogP contribution is 2.35. The molecule has 1 aliphatic rings. The van der Waals surface area contributed by atoms with Gasteiger partial charge in [-0.15, -0.1) is 0 Å². The van der Waals surface area contributed by atoms with Crippen molar-refractivity contribution in [2.45, 2.75) is 6.92 Å². The topological polar surface area (TPSA) is 76.5 Å². The summed E-state index contributed by atoms with van der Waals surface area (Å²) in [6.07, 6.45) is 1.40. The Bertz CT molecular complexity index is 765. The molecule has 2 aromatic rings. The van der Waals surface area contributed by atoms with E-state index < -0.39 is 0 Å². The molecular weight excluding hydrogens is 258 g/mol. The molecule has 5 heteroatoms. The van der Waals surface area contributed by atoms with Gasteiger partial charge in [-0.1, -0.05) is 0 Å². The Kier molecular flexibility index (Phi) is 2.57. The number of rotatable bonds is 1. The van der Waals surface area contributed by atoms with Crippen molar-refractivity contribution in [3.63, 3.8) is 0 Å². The third-order valence-corrected chi connectivity index (χ3v) is 3.31. The fraction of sp³-hybridized carbons (Fsp3) is 0.133. The van der Waals surface area contributed by atoms with E-state index in [9.17, 15) is 14.7 Å². The summed E-state index contributed by atoms with van der Waals surface area (Å²) in [7, 11) is 1.38. The van der Waals surface area contributed by atoms with E-state index >= 15 is 0 Å². The van der Waals surface area contributed by atoms with Gasteiger partial charge in [-0.25, -0.2) is 0 Å². The second-order valence-electron chi connectivity index (χ2n) is 4.60. The summed E-state index contributed by atoms with van der Waals surface area (Å²) < 4.78 is 5.10. The molecule has 0 spiro atoms. The van der Waals surface area contributed by atoms with Gasteiger partial charge in [0, 0.05) is 29.1 Å². The van der Waals surface area contributed by atoms with Crippen LogP contribution in [0, 0.1) is 6.92 Å². The molecule has 0 amide bonds. The summed E-state index contributed by atoms with van der Waals surface area (Å²) in [5.74, 6) is -0.561. The molecule has 0 unspecified atom stereocenters. The number of phenolic OH excluding ortho intramolecular Hbond substituents is 1. The lowest BCUT2D eigenvalue weighted by Crippen LogP contribution is -2.22. The van der Waals surface area contributed by atoms with Gasteiger partial charge in [0.05, 0.1) is 18.2 Å². The van der Waals surface area contributed by atoms with E-state index in [0.29, 0.717) is 11.3 Å². The van der Waals surface area contributed by atoms with E-state index in [4.69, 9.17) is 4.74 Å². The number of aromatic nitrogens is 1. The van der Waals surface area contributed by atoms with E-state index in [1.807, 2.05) is 0 Å². The van der Waals surface area contributed by atoms with E-state index in [1.54, 1.807) is 13.0 Å². The SMILES string of the molecule is COc1cc(O)cc2c1C(=O)c1cnc(C)cc1C2=O. The van der Waals surface area contributed by atoms with Crippen molar-refractivity contribution < 1.29 is 19.4 Å². The smallest absolute Gasteiger partial charge is 0.199 e. The number of nitrogens with zero attached hydrogens (tertiary/aromatic N) is 1. The number of ketones is 2. The molecular formula is C15H11NO4. The van der Waals surface area contributed by atoms with Crippen LogP contribution in [0.2, 0.25) is 0 Å². The number of carbonyl (C=O) groups is 2. The maximum Gasteiger partial charge on any atom is 0.199 e. The lowest BCUT2D eigenvalue weighted by Gasteiger charge is -2.19. The van der Waals surface area contributed by atoms with Gasteiger partial charge in [0.25, 0.3) is 0 Å². The second-order valence-corrected chi connectivity index (χ2v) is 4.60. The largest absolute Gasteiger partial charge is 0.508 e. The van der Waals surface area contributed by atoms with Crippen molar-refractivity contribution in [3.8, 4) is 11.5 Å².